The van der Waals surface area contributed by atoms with Crippen LogP contribution in [-0.4, -0.2) is 40.2 Å². The van der Waals surface area contributed by atoms with E-state index in [-0.39, 0.29) is 0 Å². The Morgan fingerprint density at radius 3 is 1.81 bits per heavy atom. The van der Waals surface area contributed by atoms with Gasteiger partial charge in [-0.15, -0.1) is 0 Å². The highest BCUT2D eigenvalue weighted by Crippen LogP contribution is 2.40. The second kappa shape index (κ2) is 14.4. The van der Waals surface area contributed by atoms with E-state index in [1.807, 2.05) is 0 Å². The molecule has 2 atom stereocenters. The summed E-state index contributed by atoms with van der Waals surface area (Å²) in [6.45, 7) is 0. The Bertz CT molecular complexity index is 3900. The standard InChI is InChI=1S/C16H10N2.C15H19N.C14H9N.C13H10N2/c1-2-9-17-13(6-1)14-8-7-11-4-3-5-12-10-15(17)18(14)16(11)12;1-16-14-10-6-5-9-13(14)11-15(16)12-7-3-2-4-8-12;1-3-10-7-8-12-5-2-6-13-9-11(4-1)14(10)15(12)13;1-14-8-11-6-5-9-3-2-4-10-7-12(14)15(11)13(9)10/h1-10H;2-4,7-8,11,13-14H,5-6,9-10H2,1H3;1-9H;2-8H,1H3. The SMILES string of the molecule is CN1C(c2ccccc2)=CC2CCCCC21.Cn1cc2ccc3cccc4cc1n2c34.c1cc2ccc3c4ccccn4c4cc(c1)c2n34.c1cc2ccc3cccc4cc(c1)c2n34. The number of rotatable bonds is 1. The molecule has 1 aliphatic carbocycles. The Balaban J connectivity index is 0.0000000862. The van der Waals surface area contributed by atoms with Crippen molar-refractivity contribution in [3.63, 3.8) is 0 Å². The summed E-state index contributed by atoms with van der Waals surface area (Å²) in [6, 6.07) is 63.7. The maximum absolute atomic E-state index is 2.50. The van der Waals surface area contributed by atoms with E-state index in [1.54, 1.807) is 0 Å². The van der Waals surface area contributed by atoms with Gasteiger partial charge < -0.3 is 18.3 Å². The number of imidazole rings is 2. The van der Waals surface area contributed by atoms with Crippen LogP contribution in [0.25, 0.3) is 93.4 Å². The molecular formula is C58H48N6. The summed E-state index contributed by atoms with van der Waals surface area (Å²) in [6.07, 6.45) is 12.4. The lowest BCUT2D eigenvalue weighted by atomic mass is 9.86. The molecule has 64 heavy (non-hydrogen) atoms. The second-order valence-corrected chi connectivity index (χ2v) is 17.9. The fourth-order valence-electron chi connectivity index (χ4n) is 11.4. The van der Waals surface area contributed by atoms with Crippen LogP contribution in [0.4, 0.5) is 0 Å². The van der Waals surface area contributed by atoms with Crippen molar-refractivity contribution in [3.05, 3.63) is 200 Å². The van der Waals surface area contributed by atoms with Crippen LogP contribution in [0.15, 0.2) is 194 Å². The summed E-state index contributed by atoms with van der Waals surface area (Å²) in [5.41, 5.74) is 15.7. The molecule has 16 rings (SSSR count). The van der Waals surface area contributed by atoms with E-state index in [9.17, 15) is 0 Å². The summed E-state index contributed by atoms with van der Waals surface area (Å²) < 4.78 is 11.4. The van der Waals surface area contributed by atoms with E-state index in [0.29, 0.717) is 0 Å². The van der Waals surface area contributed by atoms with Crippen molar-refractivity contribution >= 4 is 93.4 Å². The number of hydrogen-bond donors (Lipinski definition) is 0. The van der Waals surface area contributed by atoms with Gasteiger partial charge in [0.05, 0.1) is 33.1 Å². The van der Waals surface area contributed by atoms with Crippen LogP contribution in [-0.2, 0) is 7.05 Å². The summed E-state index contributed by atoms with van der Waals surface area (Å²) in [7, 11) is 4.35. The number of nitrogens with zero attached hydrogens (tertiary/aromatic N) is 6. The van der Waals surface area contributed by atoms with Crippen molar-refractivity contribution in [2.45, 2.75) is 31.7 Å². The number of hydrogen-bond acceptors (Lipinski definition) is 1. The highest BCUT2D eigenvalue weighted by Gasteiger charge is 2.34. The van der Waals surface area contributed by atoms with Gasteiger partial charge in [0.15, 0.2) is 0 Å². The zero-order valence-corrected chi connectivity index (χ0v) is 36.1. The molecule has 10 aromatic heterocycles. The van der Waals surface area contributed by atoms with Crippen molar-refractivity contribution in [1.82, 2.24) is 27.1 Å². The third kappa shape index (κ3) is 5.65. The lowest BCUT2D eigenvalue weighted by molar-refractivity contribution is 0.240. The molecule has 1 aliphatic heterocycles. The molecule has 6 nitrogen and oxygen atoms in total. The molecule has 0 spiro atoms. The molecule has 310 valence electrons. The molecule has 0 radical (unpaired) electrons. The van der Waals surface area contributed by atoms with Gasteiger partial charge in [-0.2, -0.15) is 0 Å². The summed E-state index contributed by atoms with van der Waals surface area (Å²) in [5.74, 6) is 0.800. The van der Waals surface area contributed by atoms with Crippen molar-refractivity contribution in [2.24, 2.45) is 13.0 Å². The lowest BCUT2D eigenvalue weighted by Gasteiger charge is -2.32. The van der Waals surface area contributed by atoms with Gasteiger partial charge in [-0.1, -0.05) is 134 Å². The van der Waals surface area contributed by atoms with Gasteiger partial charge in [-0.25, -0.2) is 0 Å². The first-order chi connectivity index (χ1) is 31.6. The largest absolute Gasteiger partial charge is 0.371 e. The number of aromatic nitrogens is 5. The van der Waals surface area contributed by atoms with Gasteiger partial charge in [-0.05, 0) is 101 Å². The second-order valence-electron chi connectivity index (χ2n) is 17.9. The van der Waals surface area contributed by atoms with Crippen LogP contribution in [0.1, 0.15) is 31.2 Å². The van der Waals surface area contributed by atoms with E-state index < -0.39 is 0 Å². The third-order valence-corrected chi connectivity index (χ3v) is 14.3. The predicted molar refractivity (Wildman–Crippen MR) is 269 cm³/mol. The van der Waals surface area contributed by atoms with Gasteiger partial charge in [0.25, 0.3) is 0 Å². The van der Waals surface area contributed by atoms with Crippen LogP contribution < -0.4 is 0 Å². The fourth-order valence-corrected chi connectivity index (χ4v) is 11.4. The molecule has 1 fully saturated rings. The molecule has 1 saturated carbocycles. The molecule has 0 N–H and O–H groups in total. The Hall–Kier alpha value is -7.70. The van der Waals surface area contributed by atoms with E-state index in [4.69, 9.17) is 0 Å². The Labute approximate surface area is 370 Å². The predicted octanol–water partition coefficient (Wildman–Crippen LogP) is 14.2. The molecule has 0 saturated heterocycles. The van der Waals surface area contributed by atoms with Crippen LogP contribution in [0, 0.1) is 5.92 Å². The first kappa shape index (κ1) is 36.9. The highest BCUT2D eigenvalue weighted by atomic mass is 15.2. The normalized spacial score (nSPS) is 16.4. The average Bonchev–Trinajstić information content (AvgIpc) is 4.20. The zero-order valence-electron chi connectivity index (χ0n) is 36.1. The van der Waals surface area contributed by atoms with Gasteiger partial charge in [0.1, 0.15) is 11.3 Å². The minimum absolute atomic E-state index is 0.768. The molecule has 2 aliphatic rings. The maximum Gasteiger partial charge on any atom is 0.123 e. The van der Waals surface area contributed by atoms with Crippen molar-refractivity contribution < 1.29 is 0 Å². The molecule has 0 bridgehead atoms. The van der Waals surface area contributed by atoms with Crippen LogP contribution in [0.3, 0.4) is 0 Å². The van der Waals surface area contributed by atoms with Crippen LogP contribution in [0.5, 0.6) is 0 Å². The maximum atomic E-state index is 2.50. The van der Waals surface area contributed by atoms with Crippen molar-refractivity contribution in [1.29, 1.82) is 0 Å². The minimum Gasteiger partial charge on any atom is -0.371 e. The molecular weight excluding hydrogens is 781 g/mol. The monoisotopic (exact) mass is 828 g/mol. The van der Waals surface area contributed by atoms with Gasteiger partial charge >= 0.3 is 0 Å². The molecule has 6 heteroatoms. The fraction of sp³-hybridized carbons (Fsp3) is 0.138. The van der Waals surface area contributed by atoms with Gasteiger partial charge in [-0.3, -0.25) is 8.80 Å². The summed E-state index contributed by atoms with van der Waals surface area (Å²) in [5, 5.41) is 7.88. The number of aryl methyl sites for hydroxylation is 1. The molecule has 11 heterocycles. The quantitative estimate of drug-likeness (QED) is 0.151. The van der Waals surface area contributed by atoms with Crippen LogP contribution in [0.2, 0.25) is 0 Å². The molecule has 4 aromatic carbocycles. The zero-order chi connectivity index (χ0) is 42.5. The number of fused-ring (bicyclic) bond motifs is 4. The van der Waals surface area contributed by atoms with E-state index in [0.717, 1.165) is 12.0 Å². The van der Waals surface area contributed by atoms with E-state index in [2.05, 4.69) is 236 Å². The van der Waals surface area contributed by atoms with E-state index in [1.165, 1.54) is 125 Å². The Morgan fingerprint density at radius 1 is 0.438 bits per heavy atom. The summed E-state index contributed by atoms with van der Waals surface area (Å²) in [4.78, 5) is 2.50. The lowest BCUT2D eigenvalue weighted by Crippen LogP contribution is -2.32. The smallest absolute Gasteiger partial charge is 0.123 e. The first-order valence-corrected chi connectivity index (χ1v) is 22.8. The van der Waals surface area contributed by atoms with Crippen LogP contribution >= 0.6 is 0 Å². The topological polar surface area (TPSA) is 25.8 Å². The average molecular weight is 829 g/mol. The van der Waals surface area contributed by atoms with Crippen molar-refractivity contribution in [2.75, 3.05) is 7.05 Å². The van der Waals surface area contributed by atoms with Crippen molar-refractivity contribution in [3.8, 4) is 0 Å². The summed E-state index contributed by atoms with van der Waals surface area (Å²) >= 11 is 0. The van der Waals surface area contributed by atoms with Gasteiger partial charge in [0.2, 0.25) is 0 Å². The molecule has 0 amide bonds. The first-order valence-electron chi connectivity index (χ1n) is 22.8. The number of pyridine rings is 5. The van der Waals surface area contributed by atoms with Gasteiger partial charge in [0, 0.05) is 65.4 Å². The number of benzene rings is 4. The highest BCUT2D eigenvalue weighted by molar-refractivity contribution is 6.05. The molecule has 2 unspecified atom stereocenters. The van der Waals surface area contributed by atoms with E-state index >= 15 is 0 Å². The third-order valence-electron chi connectivity index (χ3n) is 14.3. The Morgan fingerprint density at radius 2 is 1.05 bits per heavy atom. The Kier molecular flexibility index (Phi) is 8.32. The minimum atomic E-state index is 0.768. The number of para-hydroxylation sites is 3. The molecule has 14 aromatic rings.